The smallest absolute Gasteiger partial charge is 0.490 e. The van der Waals surface area contributed by atoms with Crippen LogP contribution in [0.3, 0.4) is 0 Å². The van der Waals surface area contributed by atoms with Crippen molar-refractivity contribution < 1.29 is 23.9 Å². The molecule has 1 aromatic rings. The van der Waals surface area contributed by atoms with Crippen molar-refractivity contribution in [1.82, 2.24) is 0 Å². The number of benzene rings is 1. The van der Waals surface area contributed by atoms with Gasteiger partial charge in [-0.1, -0.05) is 20.8 Å². The molecule has 0 heterocycles. The highest BCUT2D eigenvalue weighted by atomic mass is 16.7. The molecule has 0 radical (unpaired) electrons. The van der Waals surface area contributed by atoms with Gasteiger partial charge in [-0.2, -0.15) is 0 Å². The van der Waals surface area contributed by atoms with Crippen molar-refractivity contribution in [2.45, 2.75) is 59.5 Å². The van der Waals surface area contributed by atoms with Crippen molar-refractivity contribution >= 4 is 11.8 Å². The van der Waals surface area contributed by atoms with Crippen molar-refractivity contribution in [3.63, 3.8) is 0 Å². The van der Waals surface area contributed by atoms with E-state index in [2.05, 4.69) is 0 Å². The first kappa shape index (κ1) is 19.7. The topological polar surface area (TPSA) is 87.9 Å². The van der Waals surface area contributed by atoms with Crippen LogP contribution in [0.15, 0.2) is 12.1 Å². The Bertz CT molecular complexity index is 625. The first-order valence-electron chi connectivity index (χ1n) is 7.71. The maximum atomic E-state index is 11.9. The van der Waals surface area contributed by atoms with Gasteiger partial charge in [0, 0.05) is 6.07 Å². The summed E-state index contributed by atoms with van der Waals surface area (Å²) in [6.45, 7) is 12.8. The summed E-state index contributed by atoms with van der Waals surface area (Å²) in [4.78, 5) is 22.8. The zero-order chi connectivity index (χ0) is 18.7. The van der Waals surface area contributed by atoms with Gasteiger partial charge in [-0.15, -0.1) is 0 Å². The van der Waals surface area contributed by atoms with Gasteiger partial charge in [0.15, 0.2) is 5.75 Å². The normalized spacial score (nSPS) is 11.8. The molecule has 0 fully saturated rings. The predicted molar refractivity (Wildman–Crippen MR) is 89.8 cm³/mol. The summed E-state index contributed by atoms with van der Waals surface area (Å²) in [6.07, 6.45) is -1.02. The van der Waals surface area contributed by atoms with Gasteiger partial charge in [0.25, 0.3) is 5.75 Å². The second-order valence-corrected chi connectivity index (χ2v) is 7.33. The number of hydrogen-bond acceptors (Lipinski definition) is 6. The van der Waals surface area contributed by atoms with Crippen LogP contribution in [-0.4, -0.2) is 23.3 Å². The Morgan fingerprint density at radius 3 is 2.17 bits per heavy atom. The van der Waals surface area contributed by atoms with Crippen LogP contribution in [-0.2, 0) is 10.2 Å². The van der Waals surface area contributed by atoms with Crippen molar-refractivity contribution in [2.24, 2.45) is 0 Å². The fourth-order valence-electron chi connectivity index (χ4n) is 1.88. The Morgan fingerprint density at radius 1 is 1.17 bits per heavy atom. The number of nitro groups is 1. The maximum absolute atomic E-state index is 11.9. The lowest BCUT2D eigenvalue weighted by Gasteiger charge is -2.22. The van der Waals surface area contributed by atoms with Gasteiger partial charge in [-0.05, 0) is 44.7 Å². The Hall–Kier alpha value is -2.31. The second-order valence-electron chi connectivity index (χ2n) is 7.33. The summed E-state index contributed by atoms with van der Waals surface area (Å²) in [6, 6.07) is 3.04. The molecule has 0 bridgehead atoms. The fourth-order valence-corrected chi connectivity index (χ4v) is 1.88. The molecule has 0 aliphatic rings. The van der Waals surface area contributed by atoms with E-state index in [0.29, 0.717) is 5.56 Å². The molecular weight excluding hydrogens is 314 g/mol. The lowest BCUT2D eigenvalue weighted by molar-refractivity contribution is -0.385. The Labute approximate surface area is 142 Å². The maximum Gasteiger partial charge on any atom is 0.514 e. The molecule has 0 unspecified atom stereocenters. The third kappa shape index (κ3) is 5.40. The number of carbonyl (C=O) groups excluding carboxylic acids is 1. The van der Waals surface area contributed by atoms with E-state index in [0.717, 1.165) is 0 Å². The third-order valence-electron chi connectivity index (χ3n) is 2.97. The molecule has 0 amide bonds. The average Bonchev–Trinajstić information content (AvgIpc) is 2.36. The number of rotatable bonds is 4. The standard InChI is InChI=1S/C17H25NO6/c1-8-22-13-10-11(16(2,3)4)9-12(18(20)21)14(13)23-15(19)24-17(5,6)7/h9-10H,8H2,1-7H3. The SMILES string of the molecule is CCOc1cc(C(C)(C)C)cc([N+](=O)[O-])c1OC(=O)OC(C)(C)C. The molecule has 0 saturated heterocycles. The van der Waals surface area contributed by atoms with Crippen molar-refractivity contribution in [1.29, 1.82) is 0 Å². The molecule has 0 aromatic heterocycles. The van der Waals surface area contributed by atoms with E-state index >= 15 is 0 Å². The third-order valence-corrected chi connectivity index (χ3v) is 2.97. The Balaban J connectivity index is 3.39. The van der Waals surface area contributed by atoms with Gasteiger partial charge < -0.3 is 14.2 Å². The number of carbonyl (C=O) groups is 1. The highest BCUT2D eigenvalue weighted by Gasteiger charge is 2.30. The largest absolute Gasteiger partial charge is 0.514 e. The summed E-state index contributed by atoms with van der Waals surface area (Å²) >= 11 is 0. The zero-order valence-electron chi connectivity index (χ0n) is 15.3. The van der Waals surface area contributed by atoms with E-state index in [4.69, 9.17) is 14.2 Å². The summed E-state index contributed by atoms with van der Waals surface area (Å²) in [5.74, 6) is -0.105. The van der Waals surface area contributed by atoms with Crippen LogP contribution in [0.4, 0.5) is 10.5 Å². The van der Waals surface area contributed by atoms with Crippen LogP contribution in [0.2, 0.25) is 0 Å². The molecule has 0 spiro atoms. The molecule has 134 valence electrons. The minimum atomic E-state index is -1.02. The van der Waals surface area contributed by atoms with Crippen LogP contribution in [0, 0.1) is 10.1 Å². The number of nitro benzene ring substituents is 1. The molecule has 7 nitrogen and oxygen atoms in total. The van der Waals surface area contributed by atoms with Gasteiger partial charge in [0.2, 0.25) is 0 Å². The number of ether oxygens (including phenoxy) is 3. The lowest BCUT2D eigenvalue weighted by atomic mass is 9.86. The summed E-state index contributed by atoms with van der Waals surface area (Å²) < 4.78 is 15.6. The van der Waals surface area contributed by atoms with E-state index in [1.807, 2.05) is 20.8 Å². The van der Waals surface area contributed by atoms with Gasteiger partial charge >= 0.3 is 11.8 Å². The van der Waals surface area contributed by atoms with Crippen molar-refractivity contribution in [3.05, 3.63) is 27.8 Å². The first-order chi connectivity index (χ1) is 10.8. The summed E-state index contributed by atoms with van der Waals surface area (Å²) in [7, 11) is 0. The zero-order valence-corrected chi connectivity index (χ0v) is 15.3. The fraction of sp³-hybridized carbons (Fsp3) is 0.588. The van der Waals surface area contributed by atoms with Gasteiger partial charge in [0.05, 0.1) is 11.5 Å². The molecule has 24 heavy (non-hydrogen) atoms. The van der Waals surface area contributed by atoms with Gasteiger partial charge in [-0.3, -0.25) is 10.1 Å². The highest BCUT2D eigenvalue weighted by molar-refractivity contribution is 5.70. The van der Waals surface area contributed by atoms with E-state index < -0.39 is 16.7 Å². The molecule has 0 aliphatic carbocycles. The Morgan fingerprint density at radius 2 is 1.75 bits per heavy atom. The van der Waals surface area contributed by atoms with Crippen LogP contribution in [0.25, 0.3) is 0 Å². The highest BCUT2D eigenvalue weighted by Crippen LogP contribution is 2.41. The summed E-state index contributed by atoms with van der Waals surface area (Å²) in [5, 5.41) is 11.4. The van der Waals surface area contributed by atoms with E-state index in [9.17, 15) is 14.9 Å². The molecule has 1 rings (SSSR count). The minimum Gasteiger partial charge on any atom is -0.490 e. The monoisotopic (exact) mass is 339 g/mol. The van der Waals surface area contributed by atoms with E-state index in [-0.39, 0.29) is 29.2 Å². The van der Waals surface area contributed by atoms with Crippen LogP contribution >= 0.6 is 0 Å². The van der Waals surface area contributed by atoms with Crippen LogP contribution < -0.4 is 9.47 Å². The van der Waals surface area contributed by atoms with Crippen molar-refractivity contribution in [3.8, 4) is 11.5 Å². The molecule has 0 aliphatic heterocycles. The van der Waals surface area contributed by atoms with Crippen molar-refractivity contribution in [2.75, 3.05) is 6.61 Å². The molecule has 0 atom stereocenters. The second kappa shape index (κ2) is 7.07. The summed E-state index contributed by atoms with van der Waals surface area (Å²) in [5.41, 5.74) is -0.740. The first-order valence-corrected chi connectivity index (χ1v) is 7.71. The molecule has 7 heteroatoms. The lowest BCUT2D eigenvalue weighted by Crippen LogP contribution is -2.26. The van der Waals surface area contributed by atoms with Crippen LogP contribution in [0.5, 0.6) is 11.5 Å². The molecular formula is C17H25NO6. The van der Waals surface area contributed by atoms with E-state index in [1.54, 1.807) is 33.8 Å². The average molecular weight is 339 g/mol. The quantitative estimate of drug-likeness (QED) is 0.344. The molecule has 1 aromatic carbocycles. The predicted octanol–water partition coefficient (Wildman–Crippen LogP) is 4.60. The van der Waals surface area contributed by atoms with Gasteiger partial charge in [0.1, 0.15) is 5.60 Å². The van der Waals surface area contributed by atoms with E-state index in [1.165, 1.54) is 6.07 Å². The molecule has 0 N–H and O–H groups in total. The Kier molecular flexibility index (Phi) is 5.81. The molecule has 0 saturated carbocycles. The number of nitrogens with zero attached hydrogens (tertiary/aromatic N) is 1. The van der Waals surface area contributed by atoms with Crippen LogP contribution in [0.1, 0.15) is 54.0 Å². The number of hydrogen-bond donors (Lipinski definition) is 0. The van der Waals surface area contributed by atoms with Gasteiger partial charge in [-0.25, -0.2) is 4.79 Å². The minimum absolute atomic E-state index is 0.141.